The Morgan fingerprint density at radius 3 is 2.19 bits per heavy atom. The summed E-state index contributed by atoms with van der Waals surface area (Å²) in [6.07, 6.45) is 1.90. The quantitative estimate of drug-likeness (QED) is 0.363. The molecule has 7 nitrogen and oxygen atoms in total. The molecule has 37 heavy (non-hydrogen) atoms. The maximum Gasteiger partial charge on any atom is 0.264 e. The Bertz CT molecular complexity index is 1350. The van der Waals surface area contributed by atoms with Gasteiger partial charge in [0.05, 0.1) is 10.6 Å². The standard InChI is InChI=1S/C27H30ClN3O4S2/c1-19-9-11-22(12-10-19)31(37(34,35)24-15-13-23(36-4)14-16-24)18-26(32)30(20(2)27(33)29-3)17-21-7-5-6-8-25(21)28/h5-16,20H,17-18H2,1-4H3,(H,29,33). The van der Waals surface area contributed by atoms with Crippen LogP contribution >= 0.6 is 23.4 Å². The molecule has 10 heteroatoms. The van der Waals surface area contributed by atoms with E-state index in [-0.39, 0.29) is 17.3 Å². The molecular weight excluding hydrogens is 530 g/mol. The van der Waals surface area contributed by atoms with Crippen molar-refractivity contribution in [2.24, 2.45) is 0 Å². The number of hydrogen-bond donors (Lipinski definition) is 1. The van der Waals surface area contributed by atoms with Gasteiger partial charge in [-0.2, -0.15) is 0 Å². The Morgan fingerprint density at radius 2 is 1.62 bits per heavy atom. The molecule has 2 amide bonds. The van der Waals surface area contributed by atoms with Crippen molar-refractivity contribution in [3.05, 3.63) is 88.9 Å². The summed E-state index contributed by atoms with van der Waals surface area (Å²) in [5.41, 5.74) is 1.94. The summed E-state index contributed by atoms with van der Waals surface area (Å²) >= 11 is 7.84. The van der Waals surface area contributed by atoms with Crippen LogP contribution in [0, 0.1) is 6.92 Å². The summed E-state index contributed by atoms with van der Waals surface area (Å²) in [5.74, 6) is -0.918. The summed E-state index contributed by atoms with van der Waals surface area (Å²) in [5, 5.41) is 3.00. The smallest absolute Gasteiger partial charge is 0.264 e. The van der Waals surface area contributed by atoms with Gasteiger partial charge in [-0.3, -0.25) is 13.9 Å². The molecule has 0 aromatic heterocycles. The number of amides is 2. The number of carbonyl (C=O) groups is 2. The maximum atomic E-state index is 13.8. The van der Waals surface area contributed by atoms with Crippen LogP contribution in [0.15, 0.2) is 82.6 Å². The van der Waals surface area contributed by atoms with E-state index in [1.807, 2.05) is 13.2 Å². The van der Waals surface area contributed by atoms with E-state index in [0.29, 0.717) is 16.3 Å². The summed E-state index contributed by atoms with van der Waals surface area (Å²) in [6.45, 7) is 3.03. The molecule has 3 aromatic carbocycles. The van der Waals surface area contributed by atoms with Crippen molar-refractivity contribution in [2.75, 3.05) is 24.2 Å². The molecule has 3 rings (SSSR count). The number of nitrogens with one attached hydrogen (secondary N) is 1. The molecule has 0 spiro atoms. The lowest BCUT2D eigenvalue weighted by Gasteiger charge is -2.32. The van der Waals surface area contributed by atoms with Gasteiger partial charge in [0.2, 0.25) is 11.8 Å². The molecule has 196 valence electrons. The van der Waals surface area contributed by atoms with Gasteiger partial charge < -0.3 is 10.2 Å². The lowest BCUT2D eigenvalue weighted by molar-refractivity contribution is -0.139. The van der Waals surface area contributed by atoms with Gasteiger partial charge >= 0.3 is 0 Å². The topological polar surface area (TPSA) is 86.8 Å². The van der Waals surface area contributed by atoms with E-state index in [4.69, 9.17) is 11.6 Å². The SMILES string of the molecule is CNC(=O)C(C)N(Cc1ccccc1Cl)C(=O)CN(c1ccc(C)cc1)S(=O)(=O)c1ccc(SC)cc1. The molecule has 0 aliphatic heterocycles. The highest BCUT2D eigenvalue weighted by Gasteiger charge is 2.32. The van der Waals surface area contributed by atoms with Crippen LogP contribution in [0.25, 0.3) is 0 Å². The number of likely N-dealkylation sites (N-methyl/N-ethyl adjacent to an activating group) is 1. The van der Waals surface area contributed by atoms with Crippen molar-refractivity contribution in [2.45, 2.75) is 36.2 Å². The molecule has 1 unspecified atom stereocenters. The first-order valence-electron chi connectivity index (χ1n) is 11.6. The zero-order chi connectivity index (χ0) is 27.2. The first-order valence-corrected chi connectivity index (χ1v) is 14.6. The van der Waals surface area contributed by atoms with Gasteiger partial charge in [0.1, 0.15) is 12.6 Å². The molecule has 0 radical (unpaired) electrons. The normalized spacial score (nSPS) is 12.0. The minimum absolute atomic E-state index is 0.0390. The lowest BCUT2D eigenvalue weighted by atomic mass is 10.1. The van der Waals surface area contributed by atoms with E-state index in [0.717, 1.165) is 14.8 Å². The maximum absolute atomic E-state index is 13.8. The number of nitrogens with zero attached hydrogens (tertiary/aromatic N) is 2. The van der Waals surface area contributed by atoms with Crippen molar-refractivity contribution in [1.82, 2.24) is 10.2 Å². The molecule has 0 saturated heterocycles. The number of anilines is 1. The van der Waals surface area contributed by atoms with Crippen LogP contribution in [0.1, 0.15) is 18.1 Å². The zero-order valence-corrected chi connectivity index (χ0v) is 23.5. The largest absolute Gasteiger partial charge is 0.357 e. The summed E-state index contributed by atoms with van der Waals surface area (Å²) in [7, 11) is -2.62. The fourth-order valence-corrected chi connectivity index (χ4v) is 5.73. The number of hydrogen-bond acceptors (Lipinski definition) is 5. The third-order valence-electron chi connectivity index (χ3n) is 5.96. The Kier molecular flexibility index (Phi) is 9.64. The van der Waals surface area contributed by atoms with Crippen LogP contribution in [0.2, 0.25) is 5.02 Å². The number of carbonyl (C=O) groups excluding carboxylic acids is 2. The van der Waals surface area contributed by atoms with Crippen LogP contribution in [-0.4, -0.2) is 51.0 Å². The lowest BCUT2D eigenvalue weighted by Crippen LogP contribution is -2.50. The fourth-order valence-electron chi connectivity index (χ4n) is 3.72. The second-order valence-electron chi connectivity index (χ2n) is 8.43. The van der Waals surface area contributed by atoms with Gasteiger partial charge in [0, 0.05) is 23.5 Å². The number of rotatable bonds is 10. The number of aryl methyl sites for hydroxylation is 1. The van der Waals surface area contributed by atoms with Crippen LogP contribution < -0.4 is 9.62 Å². The molecule has 0 aliphatic rings. The van der Waals surface area contributed by atoms with Gasteiger partial charge in [-0.25, -0.2) is 8.42 Å². The second kappa shape index (κ2) is 12.5. The third kappa shape index (κ3) is 6.85. The van der Waals surface area contributed by atoms with Crippen LogP contribution in [0.3, 0.4) is 0 Å². The fraction of sp³-hybridized carbons (Fsp3) is 0.259. The Hall–Kier alpha value is -3.01. The Morgan fingerprint density at radius 1 is 1.00 bits per heavy atom. The van der Waals surface area contributed by atoms with Gasteiger partial charge in [-0.05, 0) is 68.1 Å². The van der Waals surface area contributed by atoms with E-state index in [1.54, 1.807) is 67.6 Å². The molecule has 0 saturated carbocycles. The molecule has 0 aliphatic carbocycles. The molecule has 0 heterocycles. The van der Waals surface area contributed by atoms with Crippen LogP contribution in [0.4, 0.5) is 5.69 Å². The molecular formula is C27H30ClN3O4S2. The third-order valence-corrected chi connectivity index (χ3v) is 8.86. The minimum atomic E-state index is -4.10. The number of thioether (sulfide) groups is 1. The van der Waals surface area contributed by atoms with Crippen molar-refractivity contribution in [1.29, 1.82) is 0 Å². The summed E-state index contributed by atoms with van der Waals surface area (Å²) in [6, 6.07) is 19.6. The number of sulfonamides is 1. The predicted octanol–water partition coefficient (Wildman–Crippen LogP) is 4.73. The summed E-state index contributed by atoms with van der Waals surface area (Å²) < 4.78 is 28.7. The second-order valence-corrected chi connectivity index (χ2v) is 11.6. The van der Waals surface area contributed by atoms with Gasteiger partial charge in [0.15, 0.2) is 0 Å². The Balaban J connectivity index is 2.03. The van der Waals surface area contributed by atoms with Crippen molar-refractivity contribution in [3.63, 3.8) is 0 Å². The summed E-state index contributed by atoms with van der Waals surface area (Å²) in [4.78, 5) is 28.6. The Labute approximate surface area is 227 Å². The average molecular weight is 560 g/mol. The van der Waals surface area contributed by atoms with Crippen molar-refractivity contribution in [3.8, 4) is 0 Å². The first-order chi connectivity index (χ1) is 17.6. The zero-order valence-electron chi connectivity index (χ0n) is 21.1. The highest BCUT2D eigenvalue weighted by molar-refractivity contribution is 7.98. The monoisotopic (exact) mass is 559 g/mol. The molecule has 3 aromatic rings. The number of halogens is 1. The van der Waals surface area contributed by atoms with E-state index < -0.39 is 28.5 Å². The highest BCUT2D eigenvalue weighted by atomic mass is 35.5. The minimum Gasteiger partial charge on any atom is -0.357 e. The van der Waals surface area contributed by atoms with Gasteiger partial charge in [-0.15, -0.1) is 11.8 Å². The average Bonchev–Trinajstić information content (AvgIpc) is 2.90. The van der Waals surface area contributed by atoms with Crippen LogP contribution in [0.5, 0.6) is 0 Å². The highest BCUT2D eigenvalue weighted by Crippen LogP contribution is 2.27. The van der Waals surface area contributed by atoms with Crippen LogP contribution in [-0.2, 0) is 26.2 Å². The predicted molar refractivity (Wildman–Crippen MR) is 149 cm³/mol. The number of benzene rings is 3. The van der Waals surface area contributed by atoms with Gasteiger partial charge in [-0.1, -0.05) is 47.5 Å². The van der Waals surface area contributed by atoms with E-state index in [1.165, 1.54) is 35.8 Å². The molecule has 1 N–H and O–H groups in total. The van der Waals surface area contributed by atoms with E-state index in [2.05, 4.69) is 5.32 Å². The van der Waals surface area contributed by atoms with Crippen molar-refractivity contribution >= 4 is 50.9 Å². The molecule has 0 fully saturated rings. The van der Waals surface area contributed by atoms with Gasteiger partial charge in [0.25, 0.3) is 10.0 Å². The van der Waals surface area contributed by atoms with E-state index in [9.17, 15) is 18.0 Å². The molecule has 1 atom stereocenters. The van der Waals surface area contributed by atoms with E-state index >= 15 is 0 Å². The molecule has 0 bridgehead atoms. The van der Waals surface area contributed by atoms with Crippen molar-refractivity contribution < 1.29 is 18.0 Å². The first kappa shape index (κ1) is 28.6.